The number of carbonyl (C=O) groups excluding carboxylic acids is 1. The molecule has 0 saturated carbocycles. The predicted molar refractivity (Wildman–Crippen MR) is 56.4 cm³/mol. The average molecular weight is 213 g/mol. The second-order valence-corrected chi connectivity index (χ2v) is 3.50. The molecular weight excluding hydrogens is 200 g/mol. The Kier molecular flexibility index (Phi) is 4.63. The highest BCUT2D eigenvalue weighted by molar-refractivity contribution is 6.31. The first kappa shape index (κ1) is 11.2. The summed E-state index contributed by atoms with van der Waals surface area (Å²) < 4.78 is 5.31. The van der Waals surface area contributed by atoms with Gasteiger partial charge in [0.25, 0.3) is 0 Å². The van der Waals surface area contributed by atoms with E-state index in [1.165, 1.54) is 0 Å². The van der Waals surface area contributed by atoms with E-state index in [1.807, 2.05) is 24.3 Å². The Morgan fingerprint density at radius 1 is 1.43 bits per heavy atom. The van der Waals surface area contributed by atoms with Crippen LogP contribution in [0.3, 0.4) is 0 Å². The van der Waals surface area contributed by atoms with Crippen molar-refractivity contribution in [2.24, 2.45) is 0 Å². The van der Waals surface area contributed by atoms with E-state index in [0.29, 0.717) is 24.7 Å². The van der Waals surface area contributed by atoms with E-state index >= 15 is 0 Å². The highest BCUT2D eigenvalue weighted by Gasteiger charge is 1.99. The number of ether oxygens (including phenoxy) is 1. The maximum Gasteiger partial charge on any atom is 0.132 e. The Labute approximate surface area is 88.8 Å². The van der Waals surface area contributed by atoms with Crippen LogP contribution in [0.4, 0.5) is 0 Å². The quantitative estimate of drug-likeness (QED) is 0.702. The highest BCUT2D eigenvalue weighted by Crippen LogP contribution is 2.15. The van der Waals surface area contributed by atoms with Crippen molar-refractivity contribution in [2.75, 3.05) is 6.61 Å². The molecule has 1 aromatic rings. The number of hydrogen-bond acceptors (Lipinski definition) is 2. The van der Waals surface area contributed by atoms with Crippen LogP contribution in [0.5, 0.6) is 0 Å². The van der Waals surface area contributed by atoms with Gasteiger partial charge in [0.15, 0.2) is 0 Å². The first-order valence-corrected chi connectivity index (χ1v) is 4.88. The van der Waals surface area contributed by atoms with Crippen LogP contribution in [0.2, 0.25) is 5.02 Å². The van der Waals surface area contributed by atoms with Crippen LogP contribution in [0.1, 0.15) is 18.9 Å². The molecule has 1 aromatic carbocycles. The first-order valence-electron chi connectivity index (χ1n) is 4.50. The van der Waals surface area contributed by atoms with Gasteiger partial charge in [-0.3, -0.25) is 4.79 Å². The fourth-order valence-corrected chi connectivity index (χ4v) is 1.20. The molecule has 14 heavy (non-hydrogen) atoms. The van der Waals surface area contributed by atoms with Crippen LogP contribution in [-0.4, -0.2) is 12.4 Å². The highest BCUT2D eigenvalue weighted by atomic mass is 35.5. The Morgan fingerprint density at radius 2 is 2.14 bits per heavy atom. The number of benzene rings is 1. The molecule has 0 fully saturated rings. The summed E-state index contributed by atoms with van der Waals surface area (Å²) in [5.41, 5.74) is 0.956. The zero-order valence-electron chi connectivity index (χ0n) is 8.13. The summed E-state index contributed by atoms with van der Waals surface area (Å²) in [5.74, 6) is 0.143. The Morgan fingerprint density at radius 3 is 2.79 bits per heavy atom. The molecule has 0 spiro atoms. The van der Waals surface area contributed by atoms with Crippen molar-refractivity contribution in [3.63, 3.8) is 0 Å². The van der Waals surface area contributed by atoms with Crippen molar-refractivity contribution in [3.05, 3.63) is 34.9 Å². The number of carbonyl (C=O) groups is 1. The van der Waals surface area contributed by atoms with Gasteiger partial charge in [-0.05, 0) is 18.6 Å². The molecule has 0 saturated heterocycles. The largest absolute Gasteiger partial charge is 0.376 e. The van der Waals surface area contributed by atoms with Crippen molar-refractivity contribution in [1.82, 2.24) is 0 Å². The normalized spacial score (nSPS) is 10.1. The molecule has 0 aliphatic carbocycles. The van der Waals surface area contributed by atoms with Crippen molar-refractivity contribution in [1.29, 1.82) is 0 Å². The van der Waals surface area contributed by atoms with E-state index in [-0.39, 0.29) is 5.78 Å². The predicted octanol–water partition coefficient (Wildman–Crippen LogP) is 2.84. The number of halogens is 1. The molecule has 0 N–H and O–H groups in total. The van der Waals surface area contributed by atoms with Gasteiger partial charge in [-0.15, -0.1) is 0 Å². The third-order valence-electron chi connectivity index (χ3n) is 1.81. The molecule has 0 bridgehead atoms. The molecular formula is C11H13ClO2. The van der Waals surface area contributed by atoms with E-state index in [9.17, 15) is 4.79 Å². The summed E-state index contributed by atoms with van der Waals surface area (Å²) in [7, 11) is 0. The molecule has 0 aromatic heterocycles. The summed E-state index contributed by atoms with van der Waals surface area (Å²) in [5, 5.41) is 0.704. The number of Topliss-reactive ketones (excluding diaryl/α,β-unsaturated/α-hetero) is 1. The van der Waals surface area contributed by atoms with Gasteiger partial charge in [0.2, 0.25) is 0 Å². The van der Waals surface area contributed by atoms with Crippen molar-refractivity contribution >= 4 is 17.4 Å². The third-order valence-corrected chi connectivity index (χ3v) is 2.18. The molecule has 0 aliphatic rings. The van der Waals surface area contributed by atoms with Crippen molar-refractivity contribution < 1.29 is 9.53 Å². The van der Waals surface area contributed by atoms with Crippen LogP contribution < -0.4 is 0 Å². The fourth-order valence-electron chi connectivity index (χ4n) is 1.01. The summed E-state index contributed by atoms with van der Waals surface area (Å²) in [4.78, 5) is 10.6. The smallest absolute Gasteiger partial charge is 0.132 e. The lowest BCUT2D eigenvalue weighted by atomic mass is 10.2. The van der Waals surface area contributed by atoms with Gasteiger partial charge in [-0.1, -0.05) is 29.8 Å². The number of ketones is 1. The van der Waals surface area contributed by atoms with Crippen molar-refractivity contribution in [2.45, 2.75) is 20.0 Å². The molecule has 0 heterocycles. The lowest BCUT2D eigenvalue weighted by Gasteiger charge is -2.04. The SMILES string of the molecule is CC(=O)CCOCc1ccccc1Cl. The standard InChI is InChI=1S/C11H13ClO2/c1-9(13)6-7-14-8-10-4-2-3-5-11(10)12/h2-5H,6-8H2,1H3. The van der Waals surface area contributed by atoms with Gasteiger partial charge in [-0.25, -0.2) is 0 Å². The lowest BCUT2D eigenvalue weighted by molar-refractivity contribution is -0.118. The van der Waals surface area contributed by atoms with Gasteiger partial charge in [0.1, 0.15) is 5.78 Å². The third kappa shape index (κ3) is 3.90. The molecule has 3 heteroatoms. The van der Waals surface area contributed by atoms with Gasteiger partial charge in [0, 0.05) is 11.4 Å². The summed E-state index contributed by atoms with van der Waals surface area (Å²) in [6.45, 7) is 2.48. The van der Waals surface area contributed by atoms with E-state index in [4.69, 9.17) is 16.3 Å². The van der Waals surface area contributed by atoms with Crippen LogP contribution >= 0.6 is 11.6 Å². The minimum atomic E-state index is 0.143. The van der Waals surface area contributed by atoms with Gasteiger partial charge in [-0.2, -0.15) is 0 Å². The minimum absolute atomic E-state index is 0.143. The summed E-state index contributed by atoms with van der Waals surface area (Å²) in [6.07, 6.45) is 0.463. The fraction of sp³-hybridized carbons (Fsp3) is 0.364. The zero-order valence-corrected chi connectivity index (χ0v) is 8.88. The first-order chi connectivity index (χ1) is 6.70. The van der Waals surface area contributed by atoms with Gasteiger partial charge < -0.3 is 4.74 Å². The van der Waals surface area contributed by atoms with Crippen LogP contribution in [0, 0.1) is 0 Å². The molecule has 0 aliphatic heterocycles. The Bertz CT molecular complexity index is 310. The molecule has 1 rings (SSSR count). The molecule has 0 amide bonds. The number of hydrogen-bond donors (Lipinski definition) is 0. The van der Waals surface area contributed by atoms with Crippen LogP contribution in [0.25, 0.3) is 0 Å². The number of rotatable bonds is 5. The maximum absolute atomic E-state index is 10.6. The van der Waals surface area contributed by atoms with E-state index in [1.54, 1.807) is 6.92 Å². The van der Waals surface area contributed by atoms with Gasteiger partial charge in [0.05, 0.1) is 13.2 Å². The summed E-state index contributed by atoms with van der Waals surface area (Å²) >= 11 is 5.92. The Balaban J connectivity index is 2.31. The molecule has 0 atom stereocenters. The molecule has 76 valence electrons. The minimum Gasteiger partial charge on any atom is -0.376 e. The van der Waals surface area contributed by atoms with Crippen LogP contribution in [-0.2, 0) is 16.1 Å². The zero-order chi connectivity index (χ0) is 10.4. The monoisotopic (exact) mass is 212 g/mol. The van der Waals surface area contributed by atoms with Crippen LogP contribution in [0.15, 0.2) is 24.3 Å². The van der Waals surface area contributed by atoms with E-state index in [0.717, 1.165) is 5.56 Å². The van der Waals surface area contributed by atoms with E-state index < -0.39 is 0 Å². The lowest BCUT2D eigenvalue weighted by Crippen LogP contribution is -2.00. The molecule has 0 unspecified atom stereocenters. The topological polar surface area (TPSA) is 26.3 Å². The Hall–Kier alpha value is -0.860. The van der Waals surface area contributed by atoms with Crippen molar-refractivity contribution in [3.8, 4) is 0 Å². The van der Waals surface area contributed by atoms with E-state index in [2.05, 4.69) is 0 Å². The average Bonchev–Trinajstić information content (AvgIpc) is 2.15. The summed E-state index contributed by atoms with van der Waals surface area (Å²) in [6, 6.07) is 7.53. The molecule has 2 nitrogen and oxygen atoms in total. The second-order valence-electron chi connectivity index (χ2n) is 3.10. The van der Waals surface area contributed by atoms with Gasteiger partial charge >= 0.3 is 0 Å². The molecule has 0 radical (unpaired) electrons. The maximum atomic E-state index is 10.6. The second kappa shape index (κ2) is 5.78.